The Morgan fingerprint density at radius 1 is 1.24 bits per heavy atom. The molecule has 2 rings (SSSR count). The zero-order valence-corrected chi connectivity index (χ0v) is 12.5. The lowest BCUT2D eigenvalue weighted by atomic mass is 10.1. The molecule has 0 aliphatic heterocycles. The van der Waals surface area contributed by atoms with Crippen molar-refractivity contribution < 1.29 is 4.74 Å². The first kappa shape index (κ1) is 14.7. The van der Waals surface area contributed by atoms with Gasteiger partial charge in [-0.25, -0.2) is 0 Å². The Balaban J connectivity index is 2.25. The summed E-state index contributed by atoms with van der Waals surface area (Å²) in [7, 11) is 1.62. The molecule has 2 aromatic rings. The van der Waals surface area contributed by atoms with Crippen molar-refractivity contribution in [3.8, 4) is 17.9 Å². The van der Waals surface area contributed by atoms with Gasteiger partial charge in [0.25, 0.3) is 0 Å². The molecule has 106 valence electrons. The monoisotopic (exact) mass is 298 g/mol. The Hall–Kier alpha value is -2.70. The first-order chi connectivity index (χ1) is 10.1. The van der Waals surface area contributed by atoms with Gasteiger partial charge in [0.2, 0.25) is 0 Å². The van der Waals surface area contributed by atoms with Crippen LogP contribution in [0.4, 0.5) is 10.7 Å². The van der Waals surface area contributed by atoms with E-state index in [4.69, 9.17) is 15.7 Å². The topological polar surface area (TPSA) is 94.9 Å². The standard InChI is InChI=1S/C15H14N4OS/c1-9(10-3-5-11(20-2)6-4-10)19-15-12(7-16)14(18)13(8-17)21-15/h3-6,9,19H,18H2,1-2H3. The number of nitrogens with zero attached hydrogens (tertiary/aromatic N) is 2. The second-order valence-corrected chi connectivity index (χ2v) is 5.43. The summed E-state index contributed by atoms with van der Waals surface area (Å²) in [5.74, 6) is 0.788. The van der Waals surface area contributed by atoms with Crippen molar-refractivity contribution in [3.05, 3.63) is 40.3 Å². The number of rotatable bonds is 4. The summed E-state index contributed by atoms with van der Waals surface area (Å²) in [6.07, 6.45) is 0. The molecule has 5 nitrogen and oxygen atoms in total. The second kappa shape index (κ2) is 6.17. The van der Waals surface area contributed by atoms with Crippen LogP contribution in [0.15, 0.2) is 24.3 Å². The molecule has 1 aromatic carbocycles. The molecule has 6 heteroatoms. The van der Waals surface area contributed by atoms with Crippen molar-refractivity contribution >= 4 is 22.0 Å². The van der Waals surface area contributed by atoms with Crippen LogP contribution in [0.3, 0.4) is 0 Å². The quantitative estimate of drug-likeness (QED) is 0.903. The molecule has 0 spiro atoms. The van der Waals surface area contributed by atoms with Gasteiger partial charge in [-0.3, -0.25) is 0 Å². The van der Waals surface area contributed by atoms with Crippen LogP contribution in [0.5, 0.6) is 5.75 Å². The fraction of sp³-hybridized carbons (Fsp3) is 0.200. The third-order valence-corrected chi connectivity index (χ3v) is 4.16. The van der Waals surface area contributed by atoms with Gasteiger partial charge in [-0.2, -0.15) is 10.5 Å². The zero-order chi connectivity index (χ0) is 15.4. The maximum Gasteiger partial charge on any atom is 0.131 e. The van der Waals surface area contributed by atoms with Crippen LogP contribution < -0.4 is 15.8 Å². The molecular weight excluding hydrogens is 284 g/mol. The molecule has 1 atom stereocenters. The number of nitriles is 2. The van der Waals surface area contributed by atoms with E-state index in [1.165, 1.54) is 11.3 Å². The minimum atomic E-state index is -0.0207. The Kier molecular flexibility index (Phi) is 4.32. The fourth-order valence-corrected chi connectivity index (χ4v) is 2.87. The highest BCUT2D eigenvalue weighted by atomic mass is 32.1. The molecule has 1 aromatic heterocycles. The van der Waals surface area contributed by atoms with E-state index in [9.17, 15) is 5.26 Å². The molecule has 3 N–H and O–H groups in total. The summed E-state index contributed by atoms with van der Waals surface area (Å²) < 4.78 is 5.12. The minimum Gasteiger partial charge on any atom is -0.497 e. The van der Waals surface area contributed by atoms with Gasteiger partial charge in [0.15, 0.2) is 0 Å². The SMILES string of the molecule is COc1ccc(C(C)Nc2sc(C#N)c(N)c2C#N)cc1. The molecule has 0 aliphatic rings. The molecule has 0 amide bonds. The van der Waals surface area contributed by atoms with E-state index in [1.807, 2.05) is 43.3 Å². The van der Waals surface area contributed by atoms with Gasteiger partial charge >= 0.3 is 0 Å². The average molecular weight is 298 g/mol. The number of thiophene rings is 1. The van der Waals surface area contributed by atoms with Crippen LogP contribution in [0, 0.1) is 22.7 Å². The van der Waals surface area contributed by atoms with Gasteiger partial charge in [0, 0.05) is 6.04 Å². The van der Waals surface area contributed by atoms with Crippen LogP contribution in [0.2, 0.25) is 0 Å². The highest BCUT2D eigenvalue weighted by Crippen LogP contribution is 2.36. The van der Waals surface area contributed by atoms with Crippen molar-refractivity contribution in [2.45, 2.75) is 13.0 Å². The lowest BCUT2D eigenvalue weighted by molar-refractivity contribution is 0.414. The highest BCUT2D eigenvalue weighted by Gasteiger charge is 2.17. The number of hydrogen-bond acceptors (Lipinski definition) is 6. The van der Waals surface area contributed by atoms with Crippen molar-refractivity contribution in [1.29, 1.82) is 10.5 Å². The molecule has 0 fully saturated rings. The van der Waals surface area contributed by atoms with Crippen molar-refractivity contribution in [2.75, 3.05) is 18.2 Å². The largest absolute Gasteiger partial charge is 0.497 e. The molecule has 0 saturated carbocycles. The minimum absolute atomic E-state index is 0.0207. The van der Waals surface area contributed by atoms with Crippen LogP contribution in [-0.4, -0.2) is 7.11 Å². The maximum atomic E-state index is 9.17. The van der Waals surface area contributed by atoms with E-state index in [-0.39, 0.29) is 11.7 Å². The van der Waals surface area contributed by atoms with Gasteiger partial charge in [0.1, 0.15) is 33.3 Å². The summed E-state index contributed by atoms with van der Waals surface area (Å²) in [6, 6.07) is 11.7. The van der Waals surface area contributed by atoms with Crippen LogP contribution in [0.25, 0.3) is 0 Å². The Labute approximate surface area is 127 Å². The number of nitrogens with one attached hydrogen (secondary N) is 1. The normalized spacial score (nSPS) is 11.2. The Bertz CT molecular complexity index is 722. The molecule has 0 saturated heterocycles. The first-order valence-corrected chi connectivity index (χ1v) is 7.05. The summed E-state index contributed by atoms with van der Waals surface area (Å²) in [5, 5.41) is 22.0. The molecule has 0 radical (unpaired) electrons. The van der Waals surface area contributed by atoms with E-state index < -0.39 is 0 Å². The molecule has 1 heterocycles. The molecular formula is C15H14N4OS. The zero-order valence-electron chi connectivity index (χ0n) is 11.7. The third-order valence-electron chi connectivity index (χ3n) is 3.12. The Morgan fingerprint density at radius 2 is 1.90 bits per heavy atom. The number of benzene rings is 1. The number of ether oxygens (including phenoxy) is 1. The predicted molar refractivity (Wildman–Crippen MR) is 83.2 cm³/mol. The molecule has 0 aliphatic carbocycles. The summed E-state index contributed by atoms with van der Waals surface area (Å²) in [6.45, 7) is 1.98. The first-order valence-electron chi connectivity index (χ1n) is 6.23. The number of nitrogen functional groups attached to an aromatic ring is 1. The van der Waals surface area contributed by atoms with Crippen LogP contribution in [0.1, 0.15) is 29.0 Å². The van der Waals surface area contributed by atoms with Gasteiger partial charge in [-0.15, -0.1) is 11.3 Å². The van der Waals surface area contributed by atoms with Gasteiger partial charge < -0.3 is 15.8 Å². The Morgan fingerprint density at radius 3 is 2.43 bits per heavy atom. The van der Waals surface area contributed by atoms with Crippen molar-refractivity contribution in [2.24, 2.45) is 0 Å². The van der Waals surface area contributed by atoms with E-state index in [2.05, 4.69) is 5.32 Å². The van der Waals surface area contributed by atoms with E-state index in [0.29, 0.717) is 15.4 Å². The van der Waals surface area contributed by atoms with Crippen LogP contribution in [-0.2, 0) is 0 Å². The van der Waals surface area contributed by atoms with Gasteiger partial charge in [-0.05, 0) is 24.6 Å². The van der Waals surface area contributed by atoms with E-state index in [1.54, 1.807) is 7.11 Å². The number of methoxy groups -OCH3 is 1. The molecule has 0 bridgehead atoms. The van der Waals surface area contributed by atoms with Gasteiger partial charge in [0.05, 0.1) is 12.8 Å². The average Bonchev–Trinajstić information content (AvgIpc) is 2.82. The van der Waals surface area contributed by atoms with Gasteiger partial charge in [-0.1, -0.05) is 12.1 Å². The van der Waals surface area contributed by atoms with E-state index >= 15 is 0 Å². The number of nitrogens with two attached hydrogens (primary N) is 1. The maximum absolute atomic E-state index is 9.17. The second-order valence-electron chi connectivity index (χ2n) is 4.41. The number of anilines is 2. The lowest BCUT2D eigenvalue weighted by Gasteiger charge is -2.15. The highest BCUT2D eigenvalue weighted by molar-refractivity contribution is 7.17. The lowest BCUT2D eigenvalue weighted by Crippen LogP contribution is -2.06. The number of hydrogen-bond donors (Lipinski definition) is 2. The summed E-state index contributed by atoms with van der Waals surface area (Å²) >= 11 is 1.20. The summed E-state index contributed by atoms with van der Waals surface area (Å²) in [5.41, 5.74) is 7.41. The van der Waals surface area contributed by atoms with E-state index in [0.717, 1.165) is 11.3 Å². The van der Waals surface area contributed by atoms with Crippen molar-refractivity contribution in [3.63, 3.8) is 0 Å². The summed E-state index contributed by atoms with van der Waals surface area (Å²) in [4.78, 5) is 0.357. The smallest absolute Gasteiger partial charge is 0.131 e. The van der Waals surface area contributed by atoms with Crippen LogP contribution >= 0.6 is 11.3 Å². The third kappa shape index (κ3) is 2.91. The predicted octanol–water partition coefficient (Wildman–Crippen LogP) is 3.26. The molecule has 1 unspecified atom stereocenters. The molecule has 21 heavy (non-hydrogen) atoms. The fourth-order valence-electron chi connectivity index (χ4n) is 1.91. The van der Waals surface area contributed by atoms with Crippen molar-refractivity contribution in [1.82, 2.24) is 0 Å².